The molecule has 2 rings (SSSR count). The normalized spacial score (nSPS) is 10.7. The molecular formula is C12H11ClN2O4S. The first kappa shape index (κ1) is 14.8. The molecule has 20 heavy (non-hydrogen) atoms. The Hall–Kier alpha value is -1.57. The van der Waals surface area contributed by atoms with Gasteiger partial charge >= 0.3 is 5.97 Å². The van der Waals surface area contributed by atoms with Gasteiger partial charge in [-0.05, 0) is 24.3 Å². The van der Waals surface area contributed by atoms with Crippen LogP contribution < -0.4 is 0 Å². The minimum absolute atomic E-state index is 0.00902. The summed E-state index contributed by atoms with van der Waals surface area (Å²) >= 11 is 7.34. The van der Waals surface area contributed by atoms with Crippen molar-refractivity contribution in [2.24, 2.45) is 0 Å². The number of nitrogens with zero attached hydrogens (tertiary/aromatic N) is 2. The largest absolute Gasteiger partial charge is 0.480 e. The van der Waals surface area contributed by atoms with Crippen molar-refractivity contribution in [3.05, 3.63) is 41.0 Å². The highest BCUT2D eigenvalue weighted by atomic mass is 35.5. The van der Waals surface area contributed by atoms with Gasteiger partial charge in [0, 0.05) is 9.92 Å². The summed E-state index contributed by atoms with van der Waals surface area (Å²) < 4.78 is 9.79. The molecule has 0 aliphatic rings. The van der Waals surface area contributed by atoms with Gasteiger partial charge in [0.2, 0.25) is 0 Å². The Bertz CT molecular complexity index is 573. The molecule has 1 aromatic heterocycles. The van der Waals surface area contributed by atoms with E-state index in [9.17, 15) is 4.79 Å². The fourth-order valence-electron chi connectivity index (χ4n) is 1.31. The standard InChI is InChI=1S/C12H11ClN2O4S/c13-8-1-3-9(4-2-8)20-7-10-14-11(19-15-10)5-18-6-12(16)17/h1-4H,5-7H2,(H,16,17). The summed E-state index contributed by atoms with van der Waals surface area (Å²) in [6.07, 6.45) is 0. The molecule has 0 saturated carbocycles. The maximum absolute atomic E-state index is 10.3. The number of aromatic nitrogens is 2. The van der Waals surface area contributed by atoms with E-state index < -0.39 is 12.6 Å². The predicted octanol–water partition coefficient (Wildman–Crippen LogP) is 2.62. The third-order valence-electron chi connectivity index (χ3n) is 2.14. The molecule has 8 heteroatoms. The summed E-state index contributed by atoms with van der Waals surface area (Å²) in [5.74, 6) is 0.296. The molecule has 0 bridgehead atoms. The van der Waals surface area contributed by atoms with Gasteiger partial charge in [-0.3, -0.25) is 0 Å². The van der Waals surface area contributed by atoms with Crippen molar-refractivity contribution in [3.8, 4) is 0 Å². The molecule has 0 fully saturated rings. The van der Waals surface area contributed by atoms with Crippen LogP contribution in [0.15, 0.2) is 33.7 Å². The van der Waals surface area contributed by atoms with Crippen molar-refractivity contribution >= 4 is 29.3 Å². The van der Waals surface area contributed by atoms with E-state index >= 15 is 0 Å². The number of hydrogen-bond donors (Lipinski definition) is 1. The quantitative estimate of drug-likeness (QED) is 0.786. The summed E-state index contributed by atoms with van der Waals surface area (Å²) in [6.45, 7) is -0.401. The molecule has 0 amide bonds. The highest BCUT2D eigenvalue weighted by Gasteiger charge is 2.08. The summed E-state index contributed by atoms with van der Waals surface area (Å²) in [5.41, 5.74) is 0. The minimum atomic E-state index is -1.04. The molecule has 1 heterocycles. The number of rotatable bonds is 7. The van der Waals surface area contributed by atoms with Gasteiger partial charge in [0.15, 0.2) is 5.82 Å². The van der Waals surface area contributed by atoms with Gasteiger partial charge in [0.1, 0.15) is 13.2 Å². The molecule has 1 aromatic carbocycles. The maximum atomic E-state index is 10.3. The lowest BCUT2D eigenvalue weighted by Crippen LogP contribution is -2.06. The minimum Gasteiger partial charge on any atom is -0.480 e. The van der Waals surface area contributed by atoms with E-state index in [-0.39, 0.29) is 12.5 Å². The first-order valence-electron chi connectivity index (χ1n) is 5.63. The lowest BCUT2D eigenvalue weighted by atomic mass is 10.4. The van der Waals surface area contributed by atoms with Gasteiger partial charge in [-0.15, -0.1) is 11.8 Å². The van der Waals surface area contributed by atoms with Crippen molar-refractivity contribution in [2.75, 3.05) is 6.61 Å². The fraction of sp³-hybridized carbons (Fsp3) is 0.250. The van der Waals surface area contributed by atoms with Crippen LogP contribution >= 0.6 is 23.4 Å². The zero-order valence-electron chi connectivity index (χ0n) is 10.3. The Kier molecular flexibility index (Phi) is 5.40. The third-order valence-corrected chi connectivity index (χ3v) is 3.40. The van der Waals surface area contributed by atoms with Gasteiger partial charge in [-0.25, -0.2) is 4.79 Å². The zero-order valence-corrected chi connectivity index (χ0v) is 11.9. The van der Waals surface area contributed by atoms with E-state index in [0.717, 1.165) is 4.90 Å². The summed E-state index contributed by atoms with van der Waals surface area (Å²) in [7, 11) is 0. The van der Waals surface area contributed by atoms with Crippen LogP contribution in [0.5, 0.6) is 0 Å². The van der Waals surface area contributed by atoms with Crippen molar-refractivity contribution in [2.45, 2.75) is 17.3 Å². The van der Waals surface area contributed by atoms with Crippen molar-refractivity contribution < 1.29 is 19.2 Å². The van der Waals surface area contributed by atoms with Crippen molar-refractivity contribution in [3.63, 3.8) is 0 Å². The van der Waals surface area contributed by atoms with E-state index in [0.29, 0.717) is 16.6 Å². The van der Waals surface area contributed by atoms with Crippen LogP contribution in [0.2, 0.25) is 5.02 Å². The molecule has 1 N–H and O–H groups in total. The average molecular weight is 315 g/mol. The van der Waals surface area contributed by atoms with Crippen LogP contribution in [-0.2, 0) is 21.9 Å². The van der Waals surface area contributed by atoms with Gasteiger partial charge in [0.25, 0.3) is 5.89 Å². The third kappa shape index (κ3) is 4.84. The number of carbonyl (C=O) groups is 1. The monoisotopic (exact) mass is 314 g/mol. The Morgan fingerprint density at radius 2 is 2.15 bits per heavy atom. The smallest absolute Gasteiger partial charge is 0.329 e. The van der Waals surface area contributed by atoms with Gasteiger partial charge in [-0.1, -0.05) is 16.8 Å². The lowest BCUT2D eigenvalue weighted by Gasteiger charge is -1.97. The second-order valence-electron chi connectivity index (χ2n) is 3.73. The number of carboxylic acid groups (broad SMARTS) is 1. The van der Waals surface area contributed by atoms with E-state index in [1.165, 1.54) is 0 Å². The van der Waals surface area contributed by atoms with E-state index in [2.05, 4.69) is 10.1 Å². The lowest BCUT2D eigenvalue weighted by molar-refractivity contribution is -0.142. The van der Waals surface area contributed by atoms with Gasteiger partial charge < -0.3 is 14.4 Å². The summed E-state index contributed by atoms with van der Waals surface area (Å²) in [4.78, 5) is 15.4. The molecule has 2 aromatic rings. The predicted molar refractivity (Wildman–Crippen MR) is 72.6 cm³/mol. The van der Waals surface area contributed by atoms with Crippen molar-refractivity contribution in [1.82, 2.24) is 10.1 Å². The Morgan fingerprint density at radius 3 is 2.85 bits per heavy atom. The molecule has 0 aliphatic heterocycles. The van der Waals surface area contributed by atoms with Crippen LogP contribution in [0.1, 0.15) is 11.7 Å². The maximum Gasteiger partial charge on any atom is 0.329 e. The Morgan fingerprint density at radius 1 is 1.40 bits per heavy atom. The second kappa shape index (κ2) is 7.28. The number of hydrogen-bond acceptors (Lipinski definition) is 6. The van der Waals surface area contributed by atoms with Crippen LogP contribution in [-0.4, -0.2) is 27.8 Å². The molecule has 106 valence electrons. The molecule has 0 radical (unpaired) electrons. The summed E-state index contributed by atoms with van der Waals surface area (Å²) in [6, 6.07) is 7.44. The number of thioether (sulfide) groups is 1. The van der Waals surface area contributed by atoms with Crippen molar-refractivity contribution in [1.29, 1.82) is 0 Å². The number of ether oxygens (including phenoxy) is 1. The zero-order chi connectivity index (χ0) is 14.4. The van der Waals surface area contributed by atoms with Gasteiger partial charge in [0.05, 0.1) is 5.75 Å². The number of aliphatic carboxylic acids is 1. The topological polar surface area (TPSA) is 85.5 Å². The highest BCUT2D eigenvalue weighted by Crippen LogP contribution is 2.23. The highest BCUT2D eigenvalue weighted by molar-refractivity contribution is 7.98. The molecular weight excluding hydrogens is 304 g/mol. The Labute approximate surface area is 124 Å². The van der Waals surface area contributed by atoms with E-state index in [1.54, 1.807) is 11.8 Å². The summed E-state index contributed by atoms with van der Waals surface area (Å²) in [5, 5.41) is 12.9. The van der Waals surface area contributed by atoms with Crippen LogP contribution in [0.4, 0.5) is 0 Å². The molecule has 0 aliphatic carbocycles. The van der Waals surface area contributed by atoms with E-state index in [1.807, 2.05) is 24.3 Å². The second-order valence-corrected chi connectivity index (χ2v) is 5.22. The van der Waals surface area contributed by atoms with E-state index in [4.69, 9.17) is 26.0 Å². The molecule has 0 saturated heterocycles. The molecule has 0 unspecified atom stereocenters. The molecule has 0 spiro atoms. The van der Waals surface area contributed by atoms with Crippen LogP contribution in [0, 0.1) is 0 Å². The van der Waals surface area contributed by atoms with Gasteiger partial charge in [-0.2, -0.15) is 4.98 Å². The first-order chi connectivity index (χ1) is 9.63. The number of benzene rings is 1. The number of carboxylic acids is 1. The fourth-order valence-corrected chi connectivity index (χ4v) is 2.18. The first-order valence-corrected chi connectivity index (χ1v) is 6.99. The average Bonchev–Trinajstić information content (AvgIpc) is 2.86. The Balaban J connectivity index is 1.80. The molecule has 0 atom stereocenters. The van der Waals surface area contributed by atoms with Crippen LogP contribution in [0.3, 0.4) is 0 Å². The molecule has 6 nitrogen and oxygen atoms in total. The number of halogens is 1. The SMILES string of the molecule is O=C(O)COCc1nc(CSc2ccc(Cl)cc2)no1. The van der Waals surface area contributed by atoms with Crippen LogP contribution in [0.25, 0.3) is 0 Å².